The third-order valence-corrected chi connectivity index (χ3v) is 7.73. The molecular formula is C40H26N6O2Pd2. The van der Waals surface area contributed by atoms with Gasteiger partial charge in [0.05, 0.1) is 18.1 Å². The molecule has 0 N–H and O–H groups in total. The van der Waals surface area contributed by atoms with Gasteiger partial charge in [-0.2, -0.15) is 22.9 Å². The van der Waals surface area contributed by atoms with Crippen LogP contribution in [-0.4, -0.2) is 38.6 Å². The van der Waals surface area contributed by atoms with Gasteiger partial charge in [-0.15, -0.1) is 71.8 Å². The first-order chi connectivity index (χ1) is 23.6. The van der Waals surface area contributed by atoms with Crippen molar-refractivity contribution in [1.29, 1.82) is 0 Å². The van der Waals surface area contributed by atoms with Crippen molar-refractivity contribution in [1.82, 2.24) is 24.5 Å². The number of hydrogen-bond donors (Lipinski definition) is 0. The molecule has 8 rings (SSSR count). The zero-order valence-electron chi connectivity index (χ0n) is 26.7. The van der Waals surface area contributed by atoms with Crippen molar-refractivity contribution in [3.05, 3.63) is 146 Å². The summed E-state index contributed by atoms with van der Waals surface area (Å²) in [6.45, 7) is 0. The minimum Gasteiger partial charge on any atom is -0.503 e. The maximum Gasteiger partial charge on any atom is 2.00 e. The summed E-state index contributed by atoms with van der Waals surface area (Å²) >= 11 is 0. The van der Waals surface area contributed by atoms with E-state index in [-0.39, 0.29) is 40.8 Å². The second kappa shape index (κ2) is 15.1. The van der Waals surface area contributed by atoms with Crippen molar-refractivity contribution in [2.24, 2.45) is 0 Å². The standard InChI is InChI=1S/C40H26N6O2.2Pd/c1-45(2)29-25-43-40(44-26-29)46-38-23-32(47-30-11-7-9-27(21-30)36-13-3-5-19-41-36)15-17-34(38)35-18-16-33(24-39(35)46)48-31-12-8-10-28(22-31)37-14-4-6-20-42-37;;/h3-20,25-26H,1-2H3;;/q-4;2*+2. The van der Waals surface area contributed by atoms with Crippen molar-refractivity contribution in [3.8, 4) is 51.5 Å². The number of benzene rings is 4. The molecule has 0 saturated carbocycles. The third-order valence-electron chi connectivity index (χ3n) is 7.73. The first-order valence-corrected chi connectivity index (χ1v) is 15.2. The van der Waals surface area contributed by atoms with E-state index in [1.54, 1.807) is 24.8 Å². The zero-order valence-corrected chi connectivity index (χ0v) is 29.8. The molecule has 0 saturated heterocycles. The van der Waals surface area contributed by atoms with Crippen LogP contribution in [0.25, 0.3) is 50.3 Å². The van der Waals surface area contributed by atoms with Crippen molar-refractivity contribution >= 4 is 27.5 Å². The quantitative estimate of drug-likeness (QED) is 0.112. The molecule has 4 heterocycles. The van der Waals surface area contributed by atoms with Crippen LogP contribution >= 0.6 is 0 Å². The van der Waals surface area contributed by atoms with Gasteiger partial charge in [0, 0.05) is 49.5 Å². The van der Waals surface area contributed by atoms with Gasteiger partial charge in [0.1, 0.15) is 0 Å². The third kappa shape index (κ3) is 7.07. The molecule has 0 fully saturated rings. The predicted octanol–water partition coefficient (Wildman–Crippen LogP) is 8.54. The molecule has 10 heteroatoms. The van der Waals surface area contributed by atoms with Crippen molar-refractivity contribution < 1.29 is 50.3 Å². The SMILES string of the molecule is CN(C)c1cnc(-n2c3[c-]c(Oc4[c-]c(-c5ccccn5)ccc4)ccc3c3ccc(Oc4[c-]c(-c5ccccn5)ccc4)[c-]c32)nc1.[Pd+2].[Pd+2]. The average molecular weight is 836 g/mol. The van der Waals surface area contributed by atoms with E-state index in [1.807, 2.05) is 121 Å². The molecule has 8 aromatic rings. The summed E-state index contributed by atoms with van der Waals surface area (Å²) < 4.78 is 14.5. The summed E-state index contributed by atoms with van der Waals surface area (Å²) in [5, 5.41) is 1.88. The molecule has 0 bridgehead atoms. The minimum atomic E-state index is 0. The van der Waals surface area contributed by atoms with Crippen LogP contribution < -0.4 is 14.4 Å². The maximum atomic E-state index is 6.29. The number of nitrogens with zero attached hydrogens (tertiary/aromatic N) is 6. The van der Waals surface area contributed by atoms with E-state index in [9.17, 15) is 0 Å². The Balaban J connectivity index is 0.00000216. The number of aromatic nitrogens is 5. The number of anilines is 1. The predicted molar refractivity (Wildman–Crippen MR) is 186 cm³/mol. The molecule has 0 aliphatic rings. The van der Waals surface area contributed by atoms with Gasteiger partial charge < -0.3 is 28.9 Å². The summed E-state index contributed by atoms with van der Waals surface area (Å²) in [7, 11) is 3.90. The van der Waals surface area contributed by atoms with Gasteiger partial charge >= 0.3 is 40.8 Å². The first kappa shape index (κ1) is 34.6. The molecule has 4 aromatic carbocycles. The largest absolute Gasteiger partial charge is 2.00 e. The molecule has 0 amide bonds. The summed E-state index contributed by atoms with van der Waals surface area (Å²) in [6, 6.07) is 44.4. The summed E-state index contributed by atoms with van der Waals surface area (Å²) in [6.07, 6.45) is 7.10. The Morgan fingerprint density at radius 1 is 0.520 bits per heavy atom. The number of ether oxygens (including phenoxy) is 2. The summed E-state index contributed by atoms with van der Waals surface area (Å²) in [4.78, 5) is 20.3. The van der Waals surface area contributed by atoms with Crippen molar-refractivity contribution in [3.63, 3.8) is 0 Å². The van der Waals surface area contributed by atoms with Crippen molar-refractivity contribution in [2.45, 2.75) is 0 Å². The van der Waals surface area contributed by atoms with E-state index in [0.29, 0.717) is 28.9 Å². The minimum absolute atomic E-state index is 0. The Hall–Kier alpha value is -5.22. The van der Waals surface area contributed by atoms with E-state index in [0.717, 1.165) is 50.0 Å². The molecule has 0 aliphatic carbocycles. The molecule has 0 aliphatic heterocycles. The molecule has 0 unspecified atom stereocenters. The number of rotatable bonds is 8. The van der Waals surface area contributed by atoms with Crippen LogP contribution in [0.4, 0.5) is 5.69 Å². The van der Waals surface area contributed by atoms with E-state index in [2.05, 4.69) is 34.2 Å². The fraction of sp³-hybridized carbons (Fsp3) is 0.0500. The Morgan fingerprint density at radius 2 is 1.00 bits per heavy atom. The van der Waals surface area contributed by atoms with Gasteiger partial charge in [-0.25, -0.2) is 9.97 Å². The smallest absolute Gasteiger partial charge is 0.503 e. The van der Waals surface area contributed by atoms with Gasteiger partial charge in [-0.1, -0.05) is 47.4 Å². The Bertz CT molecular complexity index is 2240. The van der Waals surface area contributed by atoms with Gasteiger partial charge in [-0.05, 0) is 23.5 Å². The fourth-order valence-electron chi connectivity index (χ4n) is 5.40. The van der Waals surface area contributed by atoms with Crippen LogP contribution in [0.15, 0.2) is 122 Å². The van der Waals surface area contributed by atoms with Crippen LogP contribution in [0, 0.1) is 24.3 Å². The Morgan fingerprint density at radius 3 is 1.44 bits per heavy atom. The first-order valence-electron chi connectivity index (χ1n) is 15.2. The molecule has 0 radical (unpaired) electrons. The molecule has 0 atom stereocenters. The summed E-state index contributed by atoms with van der Waals surface area (Å²) in [5.41, 5.74) is 5.65. The topological polar surface area (TPSA) is 78.2 Å². The van der Waals surface area contributed by atoms with Crippen LogP contribution in [0.5, 0.6) is 23.0 Å². The molecular weight excluding hydrogens is 809 g/mol. The molecule has 4 aromatic heterocycles. The van der Waals surface area contributed by atoms with E-state index < -0.39 is 0 Å². The van der Waals surface area contributed by atoms with Gasteiger partial charge in [0.2, 0.25) is 5.95 Å². The molecule has 248 valence electrons. The zero-order chi connectivity index (χ0) is 32.5. The van der Waals surface area contributed by atoms with Crippen LogP contribution in [-0.2, 0) is 40.8 Å². The van der Waals surface area contributed by atoms with E-state index >= 15 is 0 Å². The second-order valence-corrected chi connectivity index (χ2v) is 11.1. The summed E-state index contributed by atoms with van der Waals surface area (Å²) in [5.74, 6) is 2.60. The van der Waals surface area contributed by atoms with Crippen LogP contribution in [0.2, 0.25) is 0 Å². The fourth-order valence-corrected chi connectivity index (χ4v) is 5.40. The molecule has 0 spiro atoms. The number of hydrogen-bond acceptors (Lipinski definition) is 7. The van der Waals surface area contributed by atoms with Gasteiger partial charge in [0.15, 0.2) is 0 Å². The molecule has 8 nitrogen and oxygen atoms in total. The van der Waals surface area contributed by atoms with Crippen LogP contribution in [0.3, 0.4) is 0 Å². The normalized spacial score (nSPS) is 10.7. The number of fused-ring (bicyclic) bond motifs is 3. The van der Waals surface area contributed by atoms with Crippen LogP contribution in [0.1, 0.15) is 0 Å². The monoisotopic (exact) mass is 834 g/mol. The molecule has 50 heavy (non-hydrogen) atoms. The average Bonchev–Trinajstić information content (AvgIpc) is 3.45. The van der Waals surface area contributed by atoms with E-state index in [4.69, 9.17) is 19.4 Å². The van der Waals surface area contributed by atoms with Gasteiger partial charge in [0.25, 0.3) is 0 Å². The van der Waals surface area contributed by atoms with E-state index in [1.165, 1.54) is 0 Å². The van der Waals surface area contributed by atoms with Gasteiger partial charge in [-0.3, -0.25) is 0 Å². The number of pyridine rings is 2. The van der Waals surface area contributed by atoms with Crippen molar-refractivity contribution in [2.75, 3.05) is 19.0 Å². The second-order valence-electron chi connectivity index (χ2n) is 11.1. The Kier molecular flexibility index (Phi) is 10.5. The Labute approximate surface area is 317 Å². The maximum absolute atomic E-state index is 6.29.